The number of unbranched alkanes of at least 4 members (excludes halogenated alkanes) is 9. The first-order chi connectivity index (χ1) is 9.58. The number of carbonyl (C=O) groups excluding carboxylic acids is 1. The predicted octanol–water partition coefficient (Wildman–Crippen LogP) is 4.80. The molecule has 2 nitrogen and oxygen atoms in total. The average molecular weight is 280 g/mol. The van der Waals surface area contributed by atoms with Crippen molar-refractivity contribution in [3.63, 3.8) is 0 Å². The lowest BCUT2D eigenvalue weighted by atomic mass is 9.87. The zero-order valence-electron chi connectivity index (χ0n) is 13.4. The van der Waals surface area contributed by atoms with Gasteiger partial charge in [-0.25, -0.2) is 0 Å². The van der Waals surface area contributed by atoms with Gasteiger partial charge < -0.3 is 5.11 Å². The first kappa shape index (κ1) is 17.4. The van der Waals surface area contributed by atoms with E-state index in [1.807, 2.05) is 0 Å². The minimum atomic E-state index is -0.906. The van der Waals surface area contributed by atoms with Crippen LogP contribution in [0.4, 0.5) is 0 Å². The second-order valence-electron chi connectivity index (χ2n) is 6.48. The lowest BCUT2D eigenvalue weighted by Gasteiger charge is -2.23. The maximum Gasteiger partial charge on any atom is 0.161 e. The average Bonchev–Trinajstić information content (AvgIpc) is 2.67. The molecule has 0 unspecified atom stereocenters. The Hall–Kier alpha value is -0.630. The highest BCUT2D eigenvalue weighted by atomic mass is 16.3. The molecule has 20 heavy (non-hydrogen) atoms. The number of hydrogen-bond donors (Lipinski definition) is 1. The van der Waals surface area contributed by atoms with Crippen LogP contribution in [0.1, 0.15) is 84.5 Å². The Bertz CT molecular complexity index is 305. The molecule has 0 saturated heterocycles. The molecule has 1 rings (SSSR count). The molecule has 1 aliphatic carbocycles. The number of aliphatic hydroxyl groups is 1. The summed E-state index contributed by atoms with van der Waals surface area (Å²) in [6.45, 7) is 4.00. The second kappa shape index (κ2) is 9.33. The first-order valence-corrected chi connectivity index (χ1v) is 8.53. The number of allylic oxidation sites excluding steroid dienone is 1. The summed E-state index contributed by atoms with van der Waals surface area (Å²) in [6, 6.07) is 0. The molecule has 0 amide bonds. The Labute approximate surface area is 124 Å². The lowest BCUT2D eigenvalue weighted by molar-refractivity contribution is -0.122. The third-order valence-electron chi connectivity index (χ3n) is 4.48. The normalized spacial score (nSPS) is 25.6. The lowest BCUT2D eigenvalue weighted by Crippen LogP contribution is -2.32. The molecule has 0 aromatic heterocycles. The Kier molecular flexibility index (Phi) is 8.13. The van der Waals surface area contributed by atoms with Gasteiger partial charge in [0, 0.05) is 0 Å². The SMILES string of the molecule is CCCCCCCCCCCC[C@H]1C(=O)C=C[C@@]1(C)O. The highest BCUT2D eigenvalue weighted by molar-refractivity contribution is 5.95. The minimum absolute atomic E-state index is 0.103. The Morgan fingerprint density at radius 2 is 1.50 bits per heavy atom. The summed E-state index contributed by atoms with van der Waals surface area (Å²) in [5, 5.41) is 10.1. The fraction of sp³-hybridized carbons (Fsp3) is 0.833. The van der Waals surface area contributed by atoms with Crippen molar-refractivity contribution >= 4 is 5.78 Å². The summed E-state index contributed by atoms with van der Waals surface area (Å²) in [6.07, 6.45) is 17.1. The molecule has 0 heterocycles. The molecule has 0 aromatic rings. The van der Waals surface area contributed by atoms with E-state index in [9.17, 15) is 9.90 Å². The van der Waals surface area contributed by atoms with Crippen LogP contribution in [0, 0.1) is 5.92 Å². The van der Waals surface area contributed by atoms with Crippen LogP contribution in [0.15, 0.2) is 12.2 Å². The van der Waals surface area contributed by atoms with Gasteiger partial charge in [-0.05, 0) is 25.5 Å². The third-order valence-corrected chi connectivity index (χ3v) is 4.48. The highest BCUT2D eigenvalue weighted by Crippen LogP contribution is 2.30. The molecule has 0 bridgehead atoms. The van der Waals surface area contributed by atoms with Gasteiger partial charge >= 0.3 is 0 Å². The van der Waals surface area contributed by atoms with Crippen LogP contribution in [-0.4, -0.2) is 16.5 Å². The van der Waals surface area contributed by atoms with Crippen LogP contribution in [0.5, 0.6) is 0 Å². The molecule has 0 fully saturated rings. The molecule has 0 aliphatic heterocycles. The van der Waals surface area contributed by atoms with E-state index in [1.165, 1.54) is 57.8 Å². The molecule has 2 heteroatoms. The summed E-state index contributed by atoms with van der Waals surface area (Å²) >= 11 is 0. The summed E-state index contributed by atoms with van der Waals surface area (Å²) in [7, 11) is 0. The Morgan fingerprint density at radius 1 is 1.00 bits per heavy atom. The van der Waals surface area contributed by atoms with Gasteiger partial charge in [-0.15, -0.1) is 0 Å². The van der Waals surface area contributed by atoms with E-state index in [2.05, 4.69) is 6.92 Å². The van der Waals surface area contributed by atoms with Crippen molar-refractivity contribution in [2.45, 2.75) is 90.1 Å². The predicted molar refractivity (Wildman–Crippen MR) is 84.7 cm³/mol. The summed E-state index contributed by atoms with van der Waals surface area (Å²) in [4.78, 5) is 11.6. The van der Waals surface area contributed by atoms with Gasteiger partial charge in [0.25, 0.3) is 0 Å². The van der Waals surface area contributed by atoms with Crippen molar-refractivity contribution in [2.24, 2.45) is 5.92 Å². The standard InChI is InChI=1S/C18H32O2/c1-3-4-5-6-7-8-9-10-11-12-13-16-17(19)14-15-18(16,2)20/h14-16,20H,3-13H2,1-2H3/t16-,18+/m0/s1. The van der Waals surface area contributed by atoms with Gasteiger partial charge in [-0.1, -0.05) is 71.1 Å². The zero-order valence-corrected chi connectivity index (χ0v) is 13.4. The monoisotopic (exact) mass is 280 g/mol. The van der Waals surface area contributed by atoms with Crippen LogP contribution in [0.2, 0.25) is 0 Å². The number of carbonyl (C=O) groups is 1. The second-order valence-corrected chi connectivity index (χ2v) is 6.48. The molecule has 0 saturated carbocycles. The molecule has 1 N–H and O–H groups in total. The fourth-order valence-corrected chi connectivity index (χ4v) is 3.04. The number of hydrogen-bond acceptors (Lipinski definition) is 2. The molecule has 0 spiro atoms. The number of rotatable bonds is 11. The quantitative estimate of drug-likeness (QED) is 0.552. The molecule has 0 aromatic carbocycles. The topological polar surface area (TPSA) is 37.3 Å². The van der Waals surface area contributed by atoms with Crippen LogP contribution < -0.4 is 0 Å². The van der Waals surface area contributed by atoms with Gasteiger partial charge in [0.15, 0.2) is 5.78 Å². The van der Waals surface area contributed by atoms with Crippen LogP contribution >= 0.6 is 0 Å². The van der Waals surface area contributed by atoms with E-state index in [1.54, 1.807) is 19.1 Å². The van der Waals surface area contributed by atoms with Crippen molar-refractivity contribution in [3.8, 4) is 0 Å². The van der Waals surface area contributed by atoms with Crippen molar-refractivity contribution in [3.05, 3.63) is 12.2 Å². The smallest absolute Gasteiger partial charge is 0.161 e. The largest absolute Gasteiger partial charge is 0.385 e. The third kappa shape index (κ3) is 6.21. The van der Waals surface area contributed by atoms with E-state index in [0.29, 0.717) is 0 Å². The zero-order chi connectivity index (χ0) is 14.8. The molecule has 1 aliphatic rings. The molecular weight excluding hydrogens is 248 g/mol. The fourth-order valence-electron chi connectivity index (χ4n) is 3.04. The Morgan fingerprint density at radius 3 is 1.95 bits per heavy atom. The molecular formula is C18H32O2. The van der Waals surface area contributed by atoms with Crippen molar-refractivity contribution in [2.75, 3.05) is 0 Å². The minimum Gasteiger partial charge on any atom is -0.385 e. The number of ketones is 1. The summed E-state index contributed by atoms with van der Waals surface area (Å²) in [5.74, 6) is -0.0949. The van der Waals surface area contributed by atoms with Crippen LogP contribution in [0.3, 0.4) is 0 Å². The van der Waals surface area contributed by atoms with Crippen molar-refractivity contribution in [1.29, 1.82) is 0 Å². The molecule has 2 atom stereocenters. The van der Waals surface area contributed by atoms with Gasteiger partial charge in [-0.2, -0.15) is 0 Å². The maximum absolute atomic E-state index is 11.6. The maximum atomic E-state index is 11.6. The van der Waals surface area contributed by atoms with Gasteiger partial charge in [0.1, 0.15) is 0 Å². The van der Waals surface area contributed by atoms with Crippen molar-refractivity contribution in [1.82, 2.24) is 0 Å². The van der Waals surface area contributed by atoms with Gasteiger partial charge in [0.05, 0.1) is 11.5 Å². The van der Waals surface area contributed by atoms with E-state index >= 15 is 0 Å². The molecule has 0 radical (unpaired) electrons. The van der Waals surface area contributed by atoms with Crippen molar-refractivity contribution < 1.29 is 9.90 Å². The van der Waals surface area contributed by atoms with E-state index < -0.39 is 5.60 Å². The Balaban J connectivity index is 1.94. The van der Waals surface area contributed by atoms with Crippen LogP contribution in [0.25, 0.3) is 0 Å². The van der Waals surface area contributed by atoms with E-state index in [0.717, 1.165) is 12.8 Å². The first-order valence-electron chi connectivity index (χ1n) is 8.53. The van der Waals surface area contributed by atoms with E-state index in [-0.39, 0.29) is 11.7 Å². The molecule has 116 valence electrons. The van der Waals surface area contributed by atoms with Crippen LogP contribution in [-0.2, 0) is 4.79 Å². The highest BCUT2D eigenvalue weighted by Gasteiger charge is 2.37. The summed E-state index contributed by atoms with van der Waals surface area (Å²) in [5.41, 5.74) is -0.906. The summed E-state index contributed by atoms with van der Waals surface area (Å²) < 4.78 is 0. The van der Waals surface area contributed by atoms with Gasteiger partial charge in [0.2, 0.25) is 0 Å². The van der Waals surface area contributed by atoms with E-state index in [4.69, 9.17) is 0 Å². The van der Waals surface area contributed by atoms with Gasteiger partial charge in [-0.3, -0.25) is 4.79 Å².